The summed E-state index contributed by atoms with van der Waals surface area (Å²) in [5, 5.41) is 0. The monoisotopic (exact) mass is 394 g/mol. The molecule has 0 unspecified atom stereocenters. The molecule has 1 amide bonds. The molecule has 0 atom stereocenters. The Morgan fingerprint density at radius 3 is 2.34 bits per heavy atom. The molecular formula is C23H26N2O4. The Balaban J connectivity index is 1.93. The standard InChI is InChI=1S/C23H26N2O4/c1-15-4-6-16(7-5-15)25-19-13-23(2,3)14-20(26)17(19)12-18(22(25)28)21(27)24-8-10-29-11-9-24/h4-7,12H,8-11,13-14H2,1-3H3. The number of benzene rings is 1. The summed E-state index contributed by atoms with van der Waals surface area (Å²) < 4.78 is 6.89. The zero-order valence-electron chi connectivity index (χ0n) is 17.2. The number of pyridine rings is 1. The third-order valence-corrected chi connectivity index (χ3v) is 5.71. The van der Waals surface area contributed by atoms with Crippen molar-refractivity contribution < 1.29 is 14.3 Å². The van der Waals surface area contributed by atoms with Crippen molar-refractivity contribution in [2.45, 2.75) is 33.6 Å². The first-order valence-corrected chi connectivity index (χ1v) is 10.0. The van der Waals surface area contributed by atoms with Crippen LogP contribution in [0.2, 0.25) is 0 Å². The Bertz CT molecular complexity index is 1030. The second-order valence-electron chi connectivity index (χ2n) is 8.74. The number of carbonyl (C=O) groups is 2. The van der Waals surface area contributed by atoms with E-state index in [1.807, 2.05) is 45.0 Å². The van der Waals surface area contributed by atoms with Crippen molar-refractivity contribution in [3.63, 3.8) is 0 Å². The third kappa shape index (κ3) is 3.65. The molecule has 2 heterocycles. The maximum atomic E-state index is 13.5. The Labute approximate surface area is 170 Å². The number of hydrogen-bond acceptors (Lipinski definition) is 4. The van der Waals surface area contributed by atoms with Crippen molar-refractivity contribution in [3.8, 4) is 5.69 Å². The summed E-state index contributed by atoms with van der Waals surface area (Å²) >= 11 is 0. The molecular weight excluding hydrogens is 368 g/mol. The number of nitrogens with zero attached hydrogens (tertiary/aromatic N) is 2. The predicted molar refractivity (Wildman–Crippen MR) is 110 cm³/mol. The van der Waals surface area contributed by atoms with Crippen LogP contribution in [0.3, 0.4) is 0 Å². The van der Waals surface area contributed by atoms with Crippen molar-refractivity contribution in [2.75, 3.05) is 26.3 Å². The van der Waals surface area contributed by atoms with Gasteiger partial charge in [0.2, 0.25) is 0 Å². The van der Waals surface area contributed by atoms with E-state index in [2.05, 4.69) is 0 Å². The molecule has 0 spiro atoms. The minimum atomic E-state index is -0.366. The van der Waals surface area contributed by atoms with Gasteiger partial charge < -0.3 is 9.64 Å². The summed E-state index contributed by atoms with van der Waals surface area (Å²) in [7, 11) is 0. The van der Waals surface area contributed by atoms with E-state index in [0.717, 1.165) is 5.56 Å². The number of ether oxygens (including phenoxy) is 1. The van der Waals surface area contributed by atoms with Crippen LogP contribution < -0.4 is 5.56 Å². The molecule has 6 nitrogen and oxygen atoms in total. The first kappa shape index (κ1) is 19.6. The highest BCUT2D eigenvalue weighted by atomic mass is 16.5. The fraction of sp³-hybridized carbons (Fsp3) is 0.435. The Kier molecular flexibility index (Phi) is 4.90. The van der Waals surface area contributed by atoms with E-state index in [0.29, 0.717) is 56.1 Å². The van der Waals surface area contributed by atoms with Crippen molar-refractivity contribution >= 4 is 11.7 Å². The van der Waals surface area contributed by atoms with Crippen LogP contribution in [0, 0.1) is 12.3 Å². The van der Waals surface area contributed by atoms with Crippen molar-refractivity contribution in [3.05, 3.63) is 63.1 Å². The van der Waals surface area contributed by atoms with Crippen molar-refractivity contribution in [2.24, 2.45) is 5.41 Å². The normalized spacial score (nSPS) is 18.4. The number of ketones is 1. The number of Topliss-reactive ketones (excluding diaryl/α,β-unsaturated/α-hetero) is 1. The first-order chi connectivity index (χ1) is 13.8. The molecule has 1 aromatic carbocycles. The predicted octanol–water partition coefficient (Wildman–Crippen LogP) is 2.77. The molecule has 1 aliphatic heterocycles. The van der Waals surface area contributed by atoms with Gasteiger partial charge in [0.15, 0.2) is 5.78 Å². The fourth-order valence-electron chi connectivity index (χ4n) is 4.17. The summed E-state index contributed by atoms with van der Waals surface area (Å²) in [6, 6.07) is 9.12. The lowest BCUT2D eigenvalue weighted by Gasteiger charge is -2.33. The van der Waals surface area contributed by atoms with Gasteiger partial charge in [0.1, 0.15) is 5.56 Å². The molecule has 0 saturated carbocycles. The highest BCUT2D eigenvalue weighted by Gasteiger charge is 2.35. The molecule has 0 radical (unpaired) electrons. The smallest absolute Gasteiger partial charge is 0.268 e. The minimum absolute atomic E-state index is 0.0202. The molecule has 4 rings (SSSR count). The van der Waals surface area contributed by atoms with E-state index in [1.165, 1.54) is 6.07 Å². The van der Waals surface area contributed by atoms with Gasteiger partial charge in [-0.15, -0.1) is 0 Å². The number of morpholine rings is 1. The Morgan fingerprint density at radius 2 is 1.69 bits per heavy atom. The molecule has 6 heteroatoms. The Hall–Kier alpha value is -2.73. The van der Waals surface area contributed by atoms with Gasteiger partial charge in [-0.1, -0.05) is 31.5 Å². The average molecular weight is 394 g/mol. The van der Waals surface area contributed by atoms with Crippen LogP contribution in [-0.4, -0.2) is 47.5 Å². The fourth-order valence-corrected chi connectivity index (χ4v) is 4.17. The van der Waals surface area contributed by atoms with Gasteiger partial charge in [-0.25, -0.2) is 0 Å². The minimum Gasteiger partial charge on any atom is -0.378 e. The number of aryl methyl sites for hydroxylation is 1. The molecule has 1 aromatic heterocycles. The van der Waals surface area contributed by atoms with Crippen LogP contribution in [0.25, 0.3) is 5.69 Å². The summed E-state index contributed by atoms with van der Waals surface area (Å²) in [5.74, 6) is -0.354. The largest absolute Gasteiger partial charge is 0.378 e. The maximum absolute atomic E-state index is 13.5. The molecule has 1 aliphatic carbocycles. The van der Waals surface area contributed by atoms with E-state index >= 15 is 0 Å². The third-order valence-electron chi connectivity index (χ3n) is 5.71. The lowest BCUT2D eigenvalue weighted by Crippen LogP contribution is -2.44. The number of aromatic nitrogens is 1. The van der Waals surface area contributed by atoms with Crippen molar-refractivity contribution in [1.82, 2.24) is 9.47 Å². The highest BCUT2D eigenvalue weighted by molar-refractivity contribution is 6.02. The van der Waals surface area contributed by atoms with Gasteiger partial charge in [0.05, 0.1) is 13.2 Å². The molecule has 0 N–H and O–H groups in total. The molecule has 2 aliphatic rings. The van der Waals surface area contributed by atoms with Crippen LogP contribution >= 0.6 is 0 Å². The Morgan fingerprint density at radius 1 is 1.03 bits per heavy atom. The summed E-state index contributed by atoms with van der Waals surface area (Å²) in [5.41, 5.74) is 2.39. The second kappa shape index (κ2) is 7.26. The average Bonchev–Trinajstić information content (AvgIpc) is 2.68. The molecule has 1 fully saturated rings. The van der Waals surface area contributed by atoms with Crippen LogP contribution in [-0.2, 0) is 11.2 Å². The maximum Gasteiger partial charge on any atom is 0.268 e. The van der Waals surface area contributed by atoms with Crippen LogP contribution in [0.5, 0.6) is 0 Å². The summed E-state index contributed by atoms with van der Waals surface area (Å²) in [4.78, 5) is 41.2. The highest BCUT2D eigenvalue weighted by Crippen LogP contribution is 2.35. The lowest BCUT2D eigenvalue weighted by atomic mass is 9.75. The van der Waals surface area contributed by atoms with E-state index in [4.69, 9.17) is 4.74 Å². The van der Waals surface area contributed by atoms with Crippen molar-refractivity contribution in [1.29, 1.82) is 0 Å². The van der Waals surface area contributed by atoms with Gasteiger partial charge in [0.25, 0.3) is 11.5 Å². The molecule has 1 saturated heterocycles. The van der Waals surface area contributed by atoms with E-state index in [9.17, 15) is 14.4 Å². The number of hydrogen-bond donors (Lipinski definition) is 0. The van der Waals surface area contributed by atoms with Crippen LogP contribution in [0.15, 0.2) is 35.1 Å². The van der Waals surface area contributed by atoms with Gasteiger partial charge in [-0.05, 0) is 37.0 Å². The quantitative estimate of drug-likeness (QED) is 0.786. The van der Waals surface area contributed by atoms with Crippen LogP contribution in [0.1, 0.15) is 52.2 Å². The molecule has 2 aromatic rings. The first-order valence-electron chi connectivity index (χ1n) is 10.0. The molecule has 29 heavy (non-hydrogen) atoms. The van der Waals surface area contributed by atoms with Crippen LogP contribution in [0.4, 0.5) is 0 Å². The number of amides is 1. The summed E-state index contributed by atoms with van der Waals surface area (Å²) in [6.45, 7) is 7.84. The molecule has 0 bridgehead atoms. The van der Waals surface area contributed by atoms with Gasteiger partial charge in [-0.3, -0.25) is 19.0 Å². The van der Waals surface area contributed by atoms with Gasteiger partial charge >= 0.3 is 0 Å². The van der Waals surface area contributed by atoms with Gasteiger partial charge in [0, 0.05) is 36.5 Å². The topological polar surface area (TPSA) is 68.6 Å². The number of carbonyl (C=O) groups excluding carboxylic acids is 2. The zero-order valence-corrected chi connectivity index (χ0v) is 17.2. The number of fused-ring (bicyclic) bond motifs is 1. The summed E-state index contributed by atoms with van der Waals surface area (Å²) in [6.07, 6.45) is 1.00. The number of rotatable bonds is 2. The second-order valence-corrected chi connectivity index (χ2v) is 8.74. The van der Waals surface area contributed by atoms with Gasteiger partial charge in [-0.2, -0.15) is 0 Å². The van der Waals surface area contributed by atoms with E-state index < -0.39 is 0 Å². The zero-order chi connectivity index (χ0) is 20.8. The SMILES string of the molecule is Cc1ccc(-n2c3c(cc(C(=O)N4CCOCC4)c2=O)C(=O)CC(C)(C)C3)cc1. The van der Waals surface area contributed by atoms with E-state index in [1.54, 1.807) is 9.47 Å². The van der Waals surface area contributed by atoms with E-state index in [-0.39, 0.29) is 28.2 Å². The molecule has 152 valence electrons. The lowest BCUT2D eigenvalue weighted by molar-refractivity contribution is 0.0301.